The van der Waals surface area contributed by atoms with Gasteiger partial charge in [-0.1, -0.05) is 6.08 Å². The van der Waals surface area contributed by atoms with Gasteiger partial charge in [-0.05, 0) is 55.3 Å². The predicted molar refractivity (Wildman–Crippen MR) is 164 cm³/mol. The van der Waals surface area contributed by atoms with E-state index in [9.17, 15) is 32.3 Å². The molecule has 0 aliphatic rings. The zero-order valence-corrected chi connectivity index (χ0v) is 25.2. The lowest BCUT2D eigenvalue weighted by molar-refractivity contribution is -0.124. The van der Waals surface area contributed by atoms with E-state index in [0.717, 1.165) is 18.2 Å². The molecule has 2 aromatic heterocycles. The SMILES string of the molecule is CNC(=O)OC(CC/C=C/C(=O)N(C)C)C(=O)Nc1cccn(Cc2cc3cc(F)cc(OCc4ccc(F)cc4F)c3[nH]2)c1=O. The number of H-pyrrole nitrogens is 1. The molecule has 0 fully saturated rings. The van der Waals surface area contributed by atoms with Gasteiger partial charge >= 0.3 is 6.09 Å². The quantitative estimate of drug-likeness (QED) is 0.196. The lowest BCUT2D eigenvalue weighted by atomic mass is 10.1. The molecule has 4 aromatic rings. The highest BCUT2D eigenvalue weighted by Crippen LogP contribution is 2.29. The van der Waals surface area contributed by atoms with Gasteiger partial charge in [0, 0.05) is 56.1 Å². The normalized spacial score (nSPS) is 11.8. The van der Waals surface area contributed by atoms with Gasteiger partial charge in [-0.3, -0.25) is 14.4 Å². The number of amides is 3. The van der Waals surface area contributed by atoms with Crippen LogP contribution in [0.15, 0.2) is 71.7 Å². The van der Waals surface area contributed by atoms with Gasteiger partial charge in [-0.15, -0.1) is 0 Å². The summed E-state index contributed by atoms with van der Waals surface area (Å²) in [6.45, 7) is -0.289. The molecule has 0 saturated carbocycles. The number of benzene rings is 2. The van der Waals surface area contributed by atoms with Crippen LogP contribution in [-0.4, -0.2) is 59.6 Å². The third-order valence-electron chi connectivity index (χ3n) is 6.77. The van der Waals surface area contributed by atoms with Gasteiger partial charge in [0.15, 0.2) is 6.10 Å². The fourth-order valence-electron chi connectivity index (χ4n) is 4.39. The third-order valence-corrected chi connectivity index (χ3v) is 6.77. The van der Waals surface area contributed by atoms with Gasteiger partial charge in [0.05, 0.1) is 12.1 Å². The first-order valence-electron chi connectivity index (χ1n) is 14.1. The number of alkyl carbamates (subject to hydrolysis) is 1. The minimum atomic E-state index is -1.27. The number of anilines is 1. The number of hydrogen-bond donors (Lipinski definition) is 3. The molecule has 0 radical (unpaired) electrons. The van der Waals surface area contributed by atoms with Gasteiger partial charge in [-0.2, -0.15) is 0 Å². The first-order valence-corrected chi connectivity index (χ1v) is 14.1. The first kappa shape index (κ1) is 33.4. The molecule has 46 heavy (non-hydrogen) atoms. The van der Waals surface area contributed by atoms with E-state index in [2.05, 4.69) is 15.6 Å². The Morgan fingerprint density at radius 1 is 1.07 bits per heavy atom. The van der Waals surface area contributed by atoms with E-state index in [1.54, 1.807) is 26.2 Å². The number of aromatic nitrogens is 2. The standard InChI is InChI=1S/C32H32F3N5O6/c1-36-32(44)46-26(8-4-5-9-28(41)39(2)3)30(42)38-25-7-6-12-40(31(25)43)17-23-14-20-13-22(34)16-27(29(20)37-23)45-18-19-10-11-21(33)15-24(19)35/h5-7,9-16,26,37H,4,8,17-18H2,1-3H3,(H,36,44)(H,38,42)/b9-5+. The second-order valence-corrected chi connectivity index (χ2v) is 10.4. The zero-order chi connectivity index (χ0) is 33.4. The molecule has 0 spiro atoms. The molecule has 0 aliphatic heterocycles. The molecule has 1 atom stereocenters. The summed E-state index contributed by atoms with van der Waals surface area (Å²) in [5.41, 5.74) is 0.314. The highest BCUT2D eigenvalue weighted by atomic mass is 19.1. The second-order valence-electron chi connectivity index (χ2n) is 10.4. The van der Waals surface area contributed by atoms with Crippen LogP contribution in [-0.2, 0) is 27.5 Å². The van der Waals surface area contributed by atoms with Crippen molar-refractivity contribution in [1.82, 2.24) is 19.8 Å². The first-order chi connectivity index (χ1) is 21.9. The van der Waals surface area contributed by atoms with Crippen molar-refractivity contribution in [2.45, 2.75) is 32.1 Å². The molecule has 2 heterocycles. The minimum absolute atomic E-state index is 0.00621. The van der Waals surface area contributed by atoms with Gasteiger partial charge in [-0.25, -0.2) is 18.0 Å². The highest BCUT2D eigenvalue weighted by molar-refractivity contribution is 5.95. The molecule has 4 rings (SSSR count). The summed E-state index contributed by atoms with van der Waals surface area (Å²) in [5.74, 6) is -3.05. The molecule has 2 aromatic carbocycles. The van der Waals surface area contributed by atoms with Crippen molar-refractivity contribution in [3.05, 3.63) is 106 Å². The average molecular weight is 640 g/mol. The number of halogens is 3. The maximum absolute atomic E-state index is 14.4. The molecular weight excluding hydrogens is 607 g/mol. The number of fused-ring (bicyclic) bond motifs is 1. The maximum Gasteiger partial charge on any atom is 0.407 e. The Balaban J connectivity index is 1.50. The fraction of sp³-hybridized carbons (Fsp3) is 0.250. The maximum atomic E-state index is 14.4. The number of aromatic amines is 1. The molecule has 242 valence electrons. The minimum Gasteiger partial charge on any atom is -0.486 e. The number of nitrogens with one attached hydrogen (secondary N) is 3. The van der Waals surface area contributed by atoms with E-state index in [1.165, 1.54) is 53.1 Å². The van der Waals surface area contributed by atoms with Crippen molar-refractivity contribution in [2.24, 2.45) is 0 Å². The van der Waals surface area contributed by atoms with Gasteiger partial charge in [0.2, 0.25) is 5.91 Å². The molecule has 11 nitrogen and oxygen atoms in total. The number of hydrogen-bond acceptors (Lipinski definition) is 6. The highest BCUT2D eigenvalue weighted by Gasteiger charge is 2.23. The number of carbonyl (C=O) groups excluding carboxylic acids is 3. The Labute approximate surface area is 261 Å². The number of pyridine rings is 1. The number of likely N-dealkylation sites (N-methyl/N-ethyl adjacent to an activating group) is 1. The van der Waals surface area contributed by atoms with Crippen molar-refractivity contribution in [3.8, 4) is 5.75 Å². The molecule has 0 aliphatic carbocycles. The second kappa shape index (κ2) is 15.0. The van der Waals surface area contributed by atoms with Crippen LogP contribution in [0, 0.1) is 17.5 Å². The lowest BCUT2D eigenvalue weighted by Gasteiger charge is -2.17. The van der Waals surface area contributed by atoms with Crippen LogP contribution in [0.5, 0.6) is 5.75 Å². The van der Waals surface area contributed by atoms with E-state index in [1.807, 2.05) is 0 Å². The predicted octanol–water partition coefficient (Wildman–Crippen LogP) is 4.46. The van der Waals surface area contributed by atoms with Crippen LogP contribution in [0.4, 0.5) is 23.7 Å². The third kappa shape index (κ3) is 8.55. The average Bonchev–Trinajstić information content (AvgIpc) is 3.41. The zero-order valence-electron chi connectivity index (χ0n) is 25.2. The molecule has 1 unspecified atom stereocenters. The van der Waals surface area contributed by atoms with E-state index < -0.39 is 41.1 Å². The number of rotatable bonds is 12. The van der Waals surface area contributed by atoms with Crippen molar-refractivity contribution in [1.29, 1.82) is 0 Å². The van der Waals surface area contributed by atoms with Gasteiger partial charge in [0.1, 0.15) is 35.5 Å². The molecule has 14 heteroatoms. The Morgan fingerprint density at radius 3 is 2.57 bits per heavy atom. The number of allylic oxidation sites excluding steroid dienone is 1. The molecule has 0 bridgehead atoms. The topological polar surface area (TPSA) is 135 Å². The van der Waals surface area contributed by atoms with Crippen LogP contribution < -0.4 is 20.9 Å². The van der Waals surface area contributed by atoms with E-state index in [-0.39, 0.29) is 48.9 Å². The van der Waals surface area contributed by atoms with Crippen LogP contribution in [0.1, 0.15) is 24.1 Å². The summed E-state index contributed by atoms with van der Waals surface area (Å²) in [4.78, 5) is 54.4. The van der Waals surface area contributed by atoms with Crippen LogP contribution in [0.3, 0.4) is 0 Å². The smallest absolute Gasteiger partial charge is 0.407 e. The Morgan fingerprint density at radius 2 is 1.85 bits per heavy atom. The summed E-state index contributed by atoms with van der Waals surface area (Å²) in [5, 5.41) is 5.21. The van der Waals surface area contributed by atoms with E-state index in [4.69, 9.17) is 9.47 Å². The van der Waals surface area contributed by atoms with Crippen molar-refractivity contribution in [3.63, 3.8) is 0 Å². The largest absolute Gasteiger partial charge is 0.486 e. The molecule has 0 saturated heterocycles. The van der Waals surface area contributed by atoms with E-state index >= 15 is 0 Å². The summed E-state index contributed by atoms with van der Waals surface area (Å²) in [6, 6.07) is 9.98. The van der Waals surface area contributed by atoms with Crippen LogP contribution in [0.25, 0.3) is 10.9 Å². The molecule has 3 amide bonds. The number of ether oxygens (including phenoxy) is 2. The van der Waals surface area contributed by atoms with Crippen molar-refractivity contribution in [2.75, 3.05) is 26.5 Å². The van der Waals surface area contributed by atoms with Crippen molar-refractivity contribution < 1.29 is 37.0 Å². The fourth-order valence-corrected chi connectivity index (χ4v) is 4.39. The lowest BCUT2D eigenvalue weighted by Crippen LogP contribution is -2.37. The summed E-state index contributed by atoms with van der Waals surface area (Å²) in [7, 11) is 4.52. The summed E-state index contributed by atoms with van der Waals surface area (Å²) in [6.07, 6.45) is 2.54. The van der Waals surface area contributed by atoms with Crippen LogP contribution in [0.2, 0.25) is 0 Å². The summed E-state index contributed by atoms with van der Waals surface area (Å²) < 4.78 is 53.9. The molecular formula is C32H32F3N5O6. The Hall–Kier alpha value is -5.53. The van der Waals surface area contributed by atoms with Gasteiger partial charge < -0.3 is 34.6 Å². The number of nitrogens with zero attached hydrogens (tertiary/aromatic N) is 2. The summed E-state index contributed by atoms with van der Waals surface area (Å²) >= 11 is 0. The Bertz CT molecular complexity index is 1830. The van der Waals surface area contributed by atoms with E-state index in [0.29, 0.717) is 16.6 Å². The molecule has 3 N–H and O–H groups in total. The van der Waals surface area contributed by atoms with Crippen molar-refractivity contribution >= 4 is 34.5 Å². The van der Waals surface area contributed by atoms with Gasteiger partial charge in [0.25, 0.3) is 11.5 Å². The van der Waals surface area contributed by atoms with Crippen LogP contribution >= 0.6 is 0 Å². The Kier molecular flexibility index (Phi) is 10.9. The monoisotopic (exact) mass is 639 g/mol. The number of carbonyl (C=O) groups is 3.